The van der Waals surface area contributed by atoms with Crippen molar-refractivity contribution in [3.8, 4) is 0 Å². The smallest absolute Gasteiger partial charge is 0.318 e. The molecule has 0 fully saturated rings. The average molecular weight is 262 g/mol. The quantitative estimate of drug-likeness (QED) is 0.815. The van der Waals surface area contributed by atoms with Crippen molar-refractivity contribution < 1.29 is 19.1 Å². The number of aromatic nitrogens is 1. The van der Waals surface area contributed by atoms with E-state index in [1.807, 2.05) is 0 Å². The highest BCUT2D eigenvalue weighted by Gasteiger charge is 2.35. The van der Waals surface area contributed by atoms with E-state index in [2.05, 4.69) is 10.3 Å². The number of carbonyl (C=O) groups excluding carboxylic acids is 1. The van der Waals surface area contributed by atoms with Gasteiger partial charge in [-0.15, -0.1) is 0 Å². The van der Waals surface area contributed by atoms with Crippen LogP contribution in [0.15, 0.2) is 29.0 Å². The summed E-state index contributed by atoms with van der Waals surface area (Å²) in [5.74, 6) is -1.69. The first-order valence-corrected chi connectivity index (χ1v) is 5.75. The molecule has 2 N–H and O–H groups in total. The van der Waals surface area contributed by atoms with Gasteiger partial charge in [0, 0.05) is 6.54 Å². The topological polar surface area (TPSA) is 92.4 Å². The van der Waals surface area contributed by atoms with Crippen LogP contribution in [-0.2, 0) is 16.1 Å². The first kappa shape index (κ1) is 13.1. The van der Waals surface area contributed by atoms with Gasteiger partial charge in [-0.3, -0.25) is 9.59 Å². The molecule has 1 aromatic heterocycles. The third-order valence-corrected chi connectivity index (χ3v) is 2.95. The van der Waals surface area contributed by atoms with Crippen molar-refractivity contribution in [1.29, 1.82) is 0 Å². The molecule has 6 nitrogen and oxygen atoms in total. The molecule has 0 aliphatic heterocycles. The molecule has 0 aliphatic carbocycles. The number of aliphatic carboxylic acids is 1. The summed E-state index contributed by atoms with van der Waals surface area (Å²) in [5, 5.41) is 11.5. The number of hydrogen-bond acceptors (Lipinski definition) is 4. The molecule has 1 heterocycles. The lowest BCUT2D eigenvalue weighted by Crippen LogP contribution is -2.41. The summed E-state index contributed by atoms with van der Waals surface area (Å²) in [4.78, 5) is 26.7. The van der Waals surface area contributed by atoms with E-state index in [-0.39, 0.29) is 6.54 Å². The minimum absolute atomic E-state index is 0.242. The van der Waals surface area contributed by atoms with Gasteiger partial charge in [0.1, 0.15) is 10.9 Å². The van der Waals surface area contributed by atoms with Crippen molar-refractivity contribution >= 4 is 23.0 Å². The second-order valence-corrected chi connectivity index (χ2v) is 4.77. The average Bonchev–Trinajstić information content (AvgIpc) is 2.82. The zero-order valence-electron chi connectivity index (χ0n) is 10.6. The first-order valence-electron chi connectivity index (χ1n) is 5.75. The molecule has 0 saturated carbocycles. The van der Waals surface area contributed by atoms with E-state index >= 15 is 0 Å². The molecule has 2 aromatic rings. The zero-order valence-corrected chi connectivity index (χ0v) is 10.6. The Hall–Kier alpha value is -2.37. The number of nitrogens with zero attached hydrogens (tertiary/aromatic N) is 1. The monoisotopic (exact) mass is 262 g/mol. The minimum atomic E-state index is -1.45. The van der Waals surface area contributed by atoms with E-state index in [0.717, 1.165) is 11.1 Å². The van der Waals surface area contributed by atoms with Crippen LogP contribution in [0.25, 0.3) is 11.1 Å². The fourth-order valence-electron chi connectivity index (χ4n) is 1.51. The van der Waals surface area contributed by atoms with Crippen molar-refractivity contribution in [2.75, 3.05) is 0 Å². The lowest BCUT2D eigenvalue weighted by Gasteiger charge is -2.18. The normalized spacial score (nSPS) is 11.5. The Morgan fingerprint density at radius 1 is 1.42 bits per heavy atom. The Balaban J connectivity index is 2.06. The van der Waals surface area contributed by atoms with Crippen LogP contribution in [0.1, 0.15) is 19.4 Å². The molecular formula is C13H14N2O4. The molecule has 6 heteroatoms. The first-order chi connectivity index (χ1) is 8.91. The van der Waals surface area contributed by atoms with Crippen LogP contribution in [0.5, 0.6) is 0 Å². The molecule has 1 amide bonds. The van der Waals surface area contributed by atoms with Crippen LogP contribution >= 0.6 is 0 Å². The molecule has 0 radical (unpaired) electrons. The van der Waals surface area contributed by atoms with Crippen molar-refractivity contribution in [1.82, 2.24) is 10.3 Å². The van der Waals surface area contributed by atoms with Crippen LogP contribution < -0.4 is 5.32 Å². The lowest BCUT2D eigenvalue weighted by molar-refractivity contribution is -0.153. The second-order valence-electron chi connectivity index (χ2n) is 4.77. The van der Waals surface area contributed by atoms with Crippen LogP contribution in [0.2, 0.25) is 0 Å². The third kappa shape index (κ3) is 2.57. The Kier molecular flexibility index (Phi) is 3.25. The molecule has 0 atom stereocenters. The predicted molar refractivity (Wildman–Crippen MR) is 67.3 cm³/mol. The summed E-state index contributed by atoms with van der Waals surface area (Å²) in [6.45, 7) is 2.97. The fourth-order valence-corrected chi connectivity index (χ4v) is 1.51. The number of nitrogens with one attached hydrogen (secondary N) is 1. The Morgan fingerprint density at radius 3 is 2.84 bits per heavy atom. The number of amides is 1. The van der Waals surface area contributed by atoms with Gasteiger partial charge in [-0.25, -0.2) is 4.98 Å². The summed E-state index contributed by atoms with van der Waals surface area (Å²) in [7, 11) is 0. The minimum Gasteiger partial charge on any atom is -0.480 e. The van der Waals surface area contributed by atoms with Gasteiger partial charge in [0.2, 0.25) is 5.91 Å². The van der Waals surface area contributed by atoms with E-state index in [9.17, 15) is 9.59 Å². The van der Waals surface area contributed by atoms with E-state index in [4.69, 9.17) is 9.52 Å². The molecule has 100 valence electrons. The Bertz CT molecular complexity index is 630. The number of hydrogen-bond donors (Lipinski definition) is 2. The second kappa shape index (κ2) is 4.72. The van der Waals surface area contributed by atoms with Gasteiger partial charge in [-0.1, -0.05) is 6.07 Å². The van der Waals surface area contributed by atoms with Crippen LogP contribution in [0.4, 0.5) is 0 Å². The van der Waals surface area contributed by atoms with Gasteiger partial charge in [0.15, 0.2) is 12.0 Å². The molecule has 19 heavy (non-hydrogen) atoms. The van der Waals surface area contributed by atoms with E-state index in [1.54, 1.807) is 18.2 Å². The highest BCUT2D eigenvalue weighted by atomic mass is 16.4. The van der Waals surface area contributed by atoms with Crippen LogP contribution in [0, 0.1) is 5.41 Å². The van der Waals surface area contributed by atoms with Gasteiger partial charge in [0.25, 0.3) is 0 Å². The predicted octanol–water partition coefficient (Wildman–Crippen LogP) is 1.55. The number of benzene rings is 1. The SMILES string of the molecule is CC(C)(C(=O)O)C(=O)NCc1ccc2ncoc2c1. The number of oxazole rings is 1. The standard InChI is InChI=1S/C13H14N2O4/c1-13(2,12(17)18)11(16)14-6-8-3-4-9-10(5-8)19-7-15-9/h3-5,7H,6H2,1-2H3,(H,14,16)(H,17,18). The van der Waals surface area contributed by atoms with Crippen molar-refractivity contribution in [2.45, 2.75) is 20.4 Å². The Labute approximate surface area is 109 Å². The molecule has 0 saturated heterocycles. The van der Waals surface area contributed by atoms with Gasteiger partial charge in [-0.2, -0.15) is 0 Å². The number of rotatable bonds is 4. The number of carboxylic acids is 1. The summed E-state index contributed by atoms with van der Waals surface area (Å²) in [6.07, 6.45) is 1.35. The number of carboxylic acid groups (broad SMARTS) is 1. The maximum Gasteiger partial charge on any atom is 0.318 e. The van der Waals surface area contributed by atoms with E-state index in [0.29, 0.717) is 5.58 Å². The zero-order chi connectivity index (χ0) is 14.0. The molecule has 2 rings (SSSR count). The van der Waals surface area contributed by atoms with Gasteiger partial charge in [0.05, 0.1) is 0 Å². The number of fused-ring (bicyclic) bond motifs is 1. The van der Waals surface area contributed by atoms with Crippen LogP contribution in [-0.4, -0.2) is 22.0 Å². The molecular weight excluding hydrogens is 248 g/mol. The van der Waals surface area contributed by atoms with Gasteiger partial charge >= 0.3 is 5.97 Å². The molecule has 0 aliphatic rings. The number of carbonyl (C=O) groups is 2. The van der Waals surface area contributed by atoms with E-state index in [1.165, 1.54) is 20.2 Å². The summed E-state index contributed by atoms with van der Waals surface area (Å²) >= 11 is 0. The maximum absolute atomic E-state index is 11.8. The summed E-state index contributed by atoms with van der Waals surface area (Å²) in [6, 6.07) is 5.35. The highest BCUT2D eigenvalue weighted by molar-refractivity contribution is 6.00. The van der Waals surface area contributed by atoms with Gasteiger partial charge < -0.3 is 14.8 Å². The summed E-state index contributed by atoms with van der Waals surface area (Å²) in [5.41, 5.74) is 0.736. The molecule has 0 unspecified atom stereocenters. The van der Waals surface area contributed by atoms with Crippen LogP contribution in [0.3, 0.4) is 0 Å². The third-order valence-electron chi connectivity index (χ3n) is 2.95. The Morgan fingerprint density at radius 2 is 2.16 bits per heavy atom. The molecule has 0 bridgehead atoms. The van der Waals surface area contributed by atoms with E-state index < -0.39 is 17.3 Å². The van der Waals surface area contributed by atoms with Crippen molar-refractivity contribution in [3.05, 3.63) is 30.2 Å². The van der Waals surface area contributed by atoms with Crippen molar-refractivity contribution in [2.24, 2.45) is 5.41 Å². The van der Waals surface area contributed by atoms with Gasteiger partial charge in [-0.05, 0) is 31.5 Å². The lowest BCUT2D eigenvalue weighted by atomic mass is 9.92. The highest BCUT2D eigenvalue weighted by Crippen LogP contribution is 2.17. The molecule has 0 spiro atoms. The largest absolute Gasteiger partial charge is 0.480 e. The maximum atomic E-state index is 11.8. The summed E-state index contributed by atoms with van der Waals surface area (Å²) < 4.78 is 5.15. The van der Waals surface area contributed by atoms with Crippen molar-refractivity contribution in [3.63, 3.8) is 0 Å². The fraction of sp³-hybridized carbons (Fsp3) is 0.308. The molecule has 1 aromatic carbocycles.